The molecule has 146 valence electrons. The standard InChI is InChI=1S/C22H32N4O/c1-16(2)15-26-11-9-18(10-12-26)14-23-22(27)20-13-21(25(4)24-20)19-7-5-17(3)6-8-19/h5-8,13,16,18H,9-12,14-15H2,1-4H3,(H,23,27). The van der Waals surface area contributed by atoms with Crippen LogP contribution >= 0.6 is 0 Å². The average Bonchev–Trinajstić information content (AvgIpc) is 3.03. The summed E-state index contributed by atoms with van der Waals surface area (Å²) < 4.78 is 1.78. The number of carbonyl (C=O) groups is 1. The van der Waals surface area contributed by atoms with Gasteiger partial charge in [-0.2, -0.15) is 5.10 Å². The predicted molar refractivity (Wildman–Crippen MR) is 110 cm³/mol. The van der Waals surface area contributed by atoms with E-state index in [0.29, 0.717) is 17.5 Å². The van der Waals surface area contributed by atoms with Crippen molar-refractivity contribution in [3.8, 4) is 11.3 Å². The number of rotatable bonds is 6. The fourth-order valence-corrected chi connectivity index (χ4v) is 3.79. The minimum atomic E-state index is -0.0754. The molecule has 0 atom stereocenters. The molecule has 0 radical (unpaired) electrons. The van der Waals surface area contributed by atoms with Gasteiger partial charge in [0.05, 0.1) is 5.69 Å². The maximum atomic E-state index is 12.6. The Morgan fingerprint density at radius 2 is 1.89 bits per heavy atom. The summed E-state index contributed by atoms with van der Waals surface area (Å²) in [4.78, 5) is 15.1. The Balaban J connectivity index is 1.53. The average molecular weight is 369 g/mol. The third-order valence-electron chi connectivity index (χ3n) is 5.34. The number of likely N-dealkylation sites (tertiary alicyclic amines) is 1. The molecule has 1 saturated heterocycles. The van der Waals surface area contributed by atoms with Crippen LogP contribution in [-0.2, 0) is 7.05 Å². The summed E-state index contributed by atoms with van der Waals surface area (Å²) in [6.45, 7) is 10.8. The lowest BCUT2D eigenvalue weighted by Gasteiger charge is -2.32. The van der Waals surface area contributed by atoms with E-state index in [1.807, 2.05) is 13.1 Å². The van der Waals surface area contributed by atoms with Crippen LogP contribution in [-0.4, -0.2) is 46.8 Å². The third-order valence-corrected chi connectivity index (χ3v) is 5.34. The third kappa shape index (κ3) is 5.19. The van der Waals surface area contributed by atoms with Crippen LogP contribution in [0.3, 0.4) is 0 Å². The number of nitrogens with one attached hydrogen (secondary N) is 1. The van der Waals surface area contributed by atoms with Crippen molar-refractivity contribution < 1.29 is 4.79 Å². The molecule has 1 aromatic heterocycles. The predicted octanol–water partition coefficient (Wildman–Crippen LogP) is 3.49. The SMILES string of the molecule is Cc1ccc(-c2cc(C(=O)NCC3CCN(CC(C)C)CC3)nn2C)cc1. The van der Waals surface area contributed by atoms with Gasteiger partial charge in [0.2, 0.25) is 0 Å². The van der Waals surface area contributed by atoms with Gasteiger partial charge in [0.25, 0.3) is 5.91 Å². The number of hydrogen-bond donors (Lipinski definition) is 1. The largest absolute Gasteiger partial charge is 0.350 e. The van der Waals surface area contributed by atoms with Crippen LogP contribution in [0.15, 0.2) is 30.3 Å². The summed E-state index contributed by atoms with van der Waals surface area (Å²) in [7, 11) is 1.89. The zero-order valence-electron chi connectivity index (χ0n) is 17.0. The zero-order chi connectivity index (χ0) is 19.4. The lowest BCUT2D eigenvalue weighted by Crippen LogP contribution is -2.40. The van der Waals surface area contributed by atoms with E-state index < -0.39 is 0 Å². The Kier molecular flexibility index (Phi) is 6.32. The van der Waals surface area contributed by atoms with Gasteiger partial charge < -0.3 is 10.2 Å². The van der Waals surface area contributed by atoms with Gasteiger partial charge in [-0.15, -0.1) is 0 Å². The molecule has 27 heavy (non-hydrogen) atoms. The number of piperidine rings is 1. The lowest BCUT2D eigenvalue weighted by atomic mass is 9.96. The van der Waals surface area contributed by atoms with Crippen molar-refractivity contribution in [2.24, 2.45) is 18.9 Å². The van der Waals surface area contributed by atoms with Crippen molar-refractivity contribution in [3.05, 3.63) is 41.6 Å². The van der Waals surface area contributed by atoms with Crippen molar-refractivity contribution in [1.82, 2.24) is 20.0 Å². The molecule has 1 aliphatic heterocycles. The smallest absolute Gasteiger partial charge is 0.271 e. The highest BCUT2D eigenvalue weighted by molar-refractivity contribution is 5.93. The first-order valence-electron chi connectivity index (χ1n) is 10.0. The number of carbonyl (C=O) groups excluding carboxylic acids is 1. The molecule has 1 N–H and O–H groups in total. The summed E-state index contributed by atoms with van der Waals surface area (Å²) in [6.07, 6.45) is 2.31. The quantitative estimate of drug-likeness (QED) is 0.849. The molecule has 0 saturated carbocycles. The lowest BCUT2D eigenvalue weighted by molar-refractivity contribution is 0.0929. The molecule has 0 unspecified atom stereocenters. The second kappa shape index (κ2) is 8.70. The number of hydrogen-bond acceptors (Lipinski definition) is 3. The van der Waals surface area contributed by atoms with Gasteiger partial charge in [0, 0.05) is 20.1 Å². The van der Waals surface area contributed by atoms with Crippen LogP contribution in [0.25, 0.3) is 11.3 Å². The summed E-state index contributed by atoms with van der Waals surface area (Å²) in [5, 5.41) is 7.51. The van der Waals surface area contributed by atoms with Crippen molar-refractivity contribution in [3.63, 3.8) is 0 Å². The Hall–Kier alpha value is -2.14. The van der Waals surface area contributed by atoms with Gasteiger partial charge >= 0.3 is 0 Å². The van der Waals surface area contributed by atoms with Crippen LogP contribution in [0.5, 0.6) is 0 Å². The first-order chi connectivity index (χ1) is 12.9. The Morgan fingerprint density at radius 3 is 2.52 bits per heavy atom. The molecular formula is C22H32N4O. The highest BCUT2D eigenvalue weighted by atomic mass is 16.1. The highest BCUT2D eigenvalue weighted by Crippen LogP contribution is 2.21. The molecule has 0 aliphatic carbocycles. The first-order valence-corrected chi connectivity index (χ1v) is 10.0. The summed E-state index contributed by atoms with van der Waals surface area (Å²) in [5.41, 5.74) is 3.75. The van der Waals surface area contributed by atoms with Gasteiger partial charge in [0.15, 0.2) is 5.69 Å². The minimum Gasteiger partial charge on any atom is -0.350 e. The van der Waals surface area contributed by atoms with Gasteiger partial charge in [-0.25, -0.2) is 0 Å². The highest BCUT2D eigenvalue weighted by Gasteiger charge is 2.21. The van der Waals surface area contributed by atoms with Crippen LogP contribution < -0.4 is 5.32 Å². The van der Waals surface area contributed by atoms with E-state index in [4.69, 9.17) is 0 Å². The van der Waals surface area contributed by atoms with Crippen molar-refractivity contribution in [1.29, 1.82) is 0 Å². The molecular weight excluding hydrogens is 336 g/mol. The van der Waals surface area contributed by atoms with Gasteiger partial charge in [-0.1, -0.05) is 43.7 Å². The normalized spacial score (nSPS) is 16.0. The number of nitrogens with zero attached hydrogens (tertiary/aromatic N) is 3. The summed E-state index contributed by atoms with van der Waals surface area (Å²) in [5.74, 6) is 1.21. The molecule has 1 fully saturated rings. The van der Waals surface area contributed by atoms with Crippen LogP contribution in [0.1, 0.15) is 42.7 Å². The van der Waals surface area contributed by atoms with Gasteiger partial charge in [-0.05, 0) is 56.3 Å². The molecule has 1 aromatic carbocycles. The van der Waals surface area contributed by atoms with Gasteiger partial charge in [-0.3, -0.25) is 9.48 Å². The Morgan fingerprint density at radius 1 is 1.22 bits per heavy atom. The molecule has 0 spiro atoms. The molecule has 5 nitrogen and oxygen atoms in total. The number of benzene rings is 1. The van der Waals surface area contributed by atoms with E-state index in [0.717, 1.165) is 43.7 Å². The monoisotopic (exact) mass is 368 g/mol. The summed E-state index contributed by atoms with van der Waals surface area (Å²) >= 11 is 0. The number of aryl methyl sites for hydroxylation is 2. The second-order valence-electron chi connectivity index (χ2n) is 8.25. The van der Waals surface area contributed by atoms with E-state index in [9.17, 15) is 4.79 Å². The molecule has 2 aromatic rings. The fraction of sp³-hybridized carbons (Fsp3) is 0.545. The van der Waals surface area contributed by atoms with Crippen LogP contribution in [0, 0.1) is 18.8 Å². The van der Waals surface area contributed by atoms with E-state index in [1.165, 1.54) is 12.1 Å². The zero-order valence-corrected chi connectivity index (χ0v) is 17.0. The molecule has 1 amide bonds. The van der Waals surface area contributed by atoms with Crippen molar-refractivity contribution >= 4 is 5.91 Å². The van der Waals surface area contributed by atoms with Crippen molar-refractivity contribution in [2.45, 2.75) is 33.6 Å². The number of amides is 1. The van der Waals surface area contributed by atoms with Crippen LogP contribution in [0.4, 0.5) is 0 Å². The molecule has 2 heterocycles. The van der Waals surface area contributed by atoms with Gasteiger partial charge in [0.1, 0.15) is 0 Å². The van der Waals surface area contributed by atoms with Crippen LogP contribution in [0.2, 0.25) is 0 Å². The summed E-state index contributed by atoms with van der Waals surface area (Å²) in [6, 6.07) is 10.2. The maximum Gasteiger partial charge on any atom is 0.271 e. The Labute approximate surface area is 162 Å². The van der Waals surface area contributed by atoms with E-state index >= 15 is 0 Å². The molecule has 1 aliphatic rings. The number of aromatic nitrogens is 2. The van der Waals surface area contributed by atoms with E-state index in [1.54, 1.807) is 4.68 Å². The minimum absolute atomic E-state index is 0.0754. The second-order valence-corrected chi connectivity index (χ2v) is 8.25. The molecule has 3 rings (SSSR count). The fourth-order valence-electron chi connectivity index (χ4n) is 3.79. The first kappa shape index (κ1) is 19.6. The van der Waals surface area contributed by atoms with Crippen molar-refractivity contribution in [2.75, 3.05) is 26.2 Å². The molecule has 0 bridgehead atoms. The van der Waals surface area contributed by atoms with E-state index in [-0.39, 0.29) is 5.91 Å². The molecule has 5 heteroatoms. The maximum absolute atomic E-state index is 12.6. The van der Waals surface area contributed by atoms with E-state index in [2.05, 4.69) is 60.4 Å². The Bertz CT molecular complexity index is 755. The topological polar surface area (TPSA) is 50.2 Å².